The Morgan fingerprint density at radius 2 is 2.33 bits per heavy atom. The molecule has 1 radical (unpaired) electrons. The molecule has 1 atom stereocenters. The molecule has 0 spiro atoms. The van der Waals surface area contributed by atoms with Gasteiger partial charge in [0.2, 0.25) is 0 Å². The molecule has 5 nitrogen and oxygen atoms in total. The topological polar surface area (TPSA) is 79.6 Å². The Morgan fingerprint density at radius 3 is 2.75 bits per heavy atom. The fourth-order valence-electron chi connectivity index (χ4n) is 0.586. The van der Waals surface area contributed by atoms with Crippen LogP contribution in [0.4, 0.5) is 0 Å². The maximum absolute atomic E-state index is 10.8. The number of carbonyl (C=O) groups excluding carboxylic acids is 1. The minimum absolute atomic E-state index is 0.0567. The van der Waals surface area contributed by atoms with Gasteiger partial charge < -0.3 is 9.84 Å². The lowest BCUT2D eigenvalue weighted by Gasteiger charge is -2.10. The van der Waals surface area contributed by atoms with Crippen molar-refractivity contribution >= 4 is 5.97 Å². The summed E-state index contributed by atoms with van der Waals surface area (Å²) in [5.74, 6) is 6.13. The van der Waals surface area contributed by atoms with Crippen molar-refractivity contribution in [3.05, 3.63) is 0 Å². The van der Waals surface area contributed by atoms with Crippen molar-refractivity contribution in [2.24, 2.45) is 0 Å². The third-order valence-electron chi connectivity index (χ3n) is 1.25. The van der Waals surface area contributed by atoms with Crippen LogP contribution in [0.25, 0.3) is 0 Å². The summed E-state index contributed by atoms with van der Waals surface area (Å²) < 4.78 is 4.68. The van der Waals surface area contributed by atoms with Gasteiger partial charge in [0.1, 0.15) is 12.7 Å². The highest BCUT2D eigenvalue weighted by Crippen LogP contribution is 1.94. The summed E-state index contributed by atoms with van der Waals surface area (Å²) in [6.45, 7) is 1.49. The van der Waals surface area contributed by atoms with Crippen molar-refractivity contribution in [2.75, 3.05) is 13.2 Å². The number of rotatable bonds is 6. The first-order chi connectivity index (χ1) is 5.74. The molecule has 71 valence electrons. The van der Waals surface area contributed by atoms with Gasteiger partial charge in [-0.15, -0.1) is 5.90 Å². The third kappa shape index (κ3) is 5.06. The zero-order chi connectivity index (χ0) is 9.40. The van der Waals surface area contributed by atoms with Gasteiger partial charge in [-0.05, 0) is 6.42 Å². The minimum Gasteiger partial charge on any atom is -0.463 e. The van der Waals surface area contributed by atoms with Crippen LogP contribution in [0.5, 0.6) is 0 Å². The van der Waals surface area contributed by atoms with Crippen molar-refractivity contribution in [3.8, 4) is 0 Å². The Morgan fingerprint density at radius 1 is 1.67 bits per heavy atom. The van der Waals surface area contributed by atoms with Crippen LogP contribution in [0.3, 0.4) is 0 Å². The van der Waals surface area contributed by atoms with Crippen molar-refractivity contribution in [2.45, 2.75) is 25.9 Å². The lowest BCUT2D eigenvalue weighted by molar-refractivity contribution is -0.149. The molecule has 12 heavy (non-hydrogen) atoms. The summed E-state index contributed by atoms with van der Waals surface area (Å²) in [6, 6.07) is 0. The maximum atomic E-state index is 10.8. The summed E-state index contributed by atoms with van der Waals surface area (Å²) in [4.78, 5) is 14.8. The molecule has 0 saturated heterocycles. The van der Waals surface area contributed by atoms with Gasteiger partial charge in [0.15, 0.2) is 0 Å². The van der Waals surface area contributed by atoms with E-state index in [0.29, 0.717) is 6.42 Å². The lowest BCUT2D eigenvalue weighted by Crippen LogP contribution is -2.25. The molecule has 0 aromatic rings. The average molecular weight is 176 g/mol. The van der Waals surface area contributed by atoms with E-state index in [4.69, 9.17) is 11.0 Å². The Balaban J connectivity index is 3.44. The van der Waals surface area contributed by atoms with Gasteiger partial charge in [-0.2, -0.15) is 0 Å². The first-order valence-corrected chi connectivity index (χ1v) is 3.83. The maximum Gasteiger partial charge on any atom is 0.305 e. The normalized spacial score (nSPS) is 12.6. The zero-order valence-electron chi connectivity index (χ0n) is 7.08. The van der Waals surface area contributed by atoms with E-state index in [-0.39, 0.29) is 19.2 Å². The quantitative estimate of drug-likeness (QED) is 0.453. The fraction of sp³-hybridized carbons (Fsp3) is 0.857. The number of hydrogen-bond acceptors (Lipinski definition) is 4. The molecule has 0 rings (SSSR count). The van der Waals surface area contributed by atoms with E-state index in [2.05, 4.69) is 9.57 Å². The fourth-order valence-corrected chi connectivity index (χ4v) is 0.586. The molecule has 5 heteroatoms. The number of aliphatic hydroxyl groups is 1. The second-order valence-corrected chi connectivity index (χ2v) is 2.36. The van der Waals surface area contributed by atoms with Gasteiger partial charge in [0.05, 0.1) is 6.61 Å². The molecule has 0 aliphatic carbocycles. The molecule has 2 N–H and O–H groups in total. The van der Waals surface area contributed by atoms with Gasteiger partial charge in [-0.1, -0.05) is 6.92 Å². The highest BCUT2D eigenvalue weighted by Gasteiger charge is 2.09. The first kappa shape index (κ1) is 11.4. The van der Waals surface area contributed by atoms with E-state index < -0.39 is 6.10 Å². The average Bonchev–Trinajstić information content (AvgIpc) is 2.07. The largest absolute Gasteiger partial charge is 0.463 e. The number of nitrogens with one attached hydrogen (secondary N) is 1. The van der Waals surface area contributed by atoms with Crippen LogP contribution in [0.15, 0.2) is 0 Å². The van der Waals surface area contributed by atoms with Crippen molar-refractivity contribution in [1.29, 1.82) is 0 Å². The predicted octanol–water partition coefficient (Wildman–Crippen LogP) is -0.0949. The molecule has 0 aromatic carbocycles. The standard InChI is InChI=1S/C7H14NO4/c1-2-3-7(10)11-5-6(4-9)12-8/h6,8-9H,2-5H2,1H3. The first-order valence-electron chi connectivity index (χ1n) is 3.83. The number of hydrogen-bond donors (Lipinski definition) is 1. The van der Waals surface area contributed by atoms with Crippen LogP contribution in [0.2, 0.25) is 0 Å². The van der Waals surface area contributed by atoms with Crippen molar-refractivity contribution in [3.63, 3.8) is 0 Å². The third-order valence-corrected chi connectivity index (χ3v) is 1.25. The number of ether oxygens (including phenoxy) is 1. The van der Waals surface area contributed by atoms with Crippen molar-refractivity contribution < 1.29 is 19.5 Å². The highest BCUT2D eigenvalue weighted by atomic mass is 16.6. The Bertz CT molecular complexity index is 125. The molecule has 0 saturated carbocycles. The van der Waals surface area contributed by atoms with Crippen molar-refractivity contribution in [1.82, 2.24) is 5.90 Å². The Kier molecular flexibility index (Phi) is 6.64. The number of esters is 1. The zero-order valence-corrected chi connectivity index (χ0v) is 7.08. The van der Waals surface area contributed by atoms with E-state index in [9.17, 15) is 4.79 Å². The summed E-state index contributed by atoms with van der Waals surface area (Å²) >= 11 is 0. The van der Waals surface area contributed by atoms with Gasteiger partial charge >= 0.3 is 5.97 Å². The van der Waals surface area contributed by atoms with Crippen LogP contribution in [-0.4, -0.2) is 30.4 Å². The second kappa shape index (κ2) is 7.02. The molecule has 0 fully saturated rings. The monoisotopic (exact) mass is 176 g/mol. The van der Waals surface area contributed by atoms with Crippen LogP contribution >= 0.6 is 0 Å². The molecule has 0 bridgehead atoms. The van der Waals surface area contributed by atoms with Crippen LogP contribution in [0.1, 0.15) is 19.8 Å². The second-order valence-electron chi connectivity index (χ2n) is 2.36. The van der Waals surface area contributed by atoms with E-state index in [1.807, 2.05) is 6.92 Å². The summed E-state index contributed by atoms with van der Waals surface area (Å²) in [6.07, 6.45) is 0.353. The number of carbonyl (C=O) groups is 1. The Labute approximate surface area is 71.4 Å². The molecule has 0 amide bonds. The molecular weight excluding hydrogens is 162 g/mol. The van der Waals surface area contributed by atoms with Crippen LogP contribution in [0, 0.1) is 0 Å². The predicted molar refractivity (Wildman–Crippen MR) is 40.9 cm³/mol. The van der Waals surface area contributed by atoms with Crippen LogP contribution in [-0.2, 0) is 14.4 Å². The van der Waals surface area contributed by atoms with E-state index in [0.717, 1.165) is 6.42 Å². The number of aliphatic hydroxyl groups excluding tert-OH is 1. The SMILES string of the molecule is CCCC(=O)OCC(CO)O[NH]. The summed E-state index contributed by atoms with van der Waals surface area (Å²) in [5, 5.41) is 8.53. The highest BCUT2D eigenvalue weighted by molar-refractivity contribution is 5.69. The van der Waals surface area contributed by atoms with E-state index >= 15 is 0 Å². The van der Waals surface area contributed by atoms with Gasteiger partial charge in [-0.25, -0.2) is 0 Å². The molecule has 0 aromatic heterocycles. The van der Waals surface area contributed by atoms with Gasteiger partial charge in [0.25, 0.3) is 0 Å². The summed E-state index contributed by atoms with van der Waals surface area (Å²) in [7, 11) is 0. The van der Waals surface area contributed by atoms with Crippen LogP contribution < -0.4 is 5.90 Å². The summed E-state index contributed by atoms with van der Waals surface area (Å²) in [5.41, 5.74) is 0. The molecule has 0 heterocycles. The molecule has 0 aliphatic rings. The van der Waals surface area contributed by atoms with Gasteiger partial charge in [0, 0.05) is 6.42 Å². The Hall–Kier alpha value is -0.650. The van der Waals surface area contributed by atoms with E-state index in [1.165, 1.54) is 0 Å². The molecular formula is C7H14NO4. The smallest absolute Gasteiger partial charge is 0.305 e. The molecule has 1 unspecified atom stereocenters. The van der Waals surface area contributed by atoms with Gasteiger partial charge in [-0.3, -0.25) is 9.63 Å². The minimum atomic E-state index is -0.731. The lowest BCUT2D eigenvalue weighted by atomic mass is 10.3. The molecule has 0 aliphatic heterocycles. The van der Waals surface area contributed by atoms with E-state index in [1.54, 1.807) is 0 Å².